The largest absolute Gasteiger partial charge is 0.385 e. The number of hydrogen-bond donors (Lipinski definition) is 1. The Bertz CT molecular complexity index is 437. The van der Waals surface area contributed by atoms with Gasteiger partial charge in [-0.15, -0.1) is 0 Å². The first-order valence-corrected chi connectivity index (χ1v) is 9.92. The molecule has 19 heavy (non-hydrogen) atoms. The van der Waals surface area contributed by atoms with Crippen LogP contribution in [0.15, 0.2) is 17.5 Å². The lowest BCUT2D eigenvalue weighted by Crippen LogP contribution is -2.22. The van der Waals surface area contributed by atoms with Crippen LogP contribution in [0.5, 0.6) is 0 Å². The summed E-state index contributed by atoms with van der Waals surface area (Å²) in [4.78, 5) is 6.67. The van der Waals surface area contributed by atoms with Crippen molar-refractivity contribution in [2.75, 3.05) is 13.2 Å². The quantitative estimate of drug-likeness (QED) is 0.261. The van der Waals surface area contributed by atoms with Gasteiger partial charge in [0.2, 0.25) is 0 Å². The summed E-state index contributed by atoms with van der Waals surface area (Å²) in [7, 11) is -1.09. The molecule has 7 nitrogen and oxygen atoms in total. The highest BCUT2D eigenvalue weighted by molar-refractivity contribution is 6.76. The Morgan fingerprint density at radius 2 is 2.32 bits per heavy atom. The third-order valence-corrected chi connectivity index (χ3v) is 4.29. The van der Waals surface area contributed by atoms with Gasteiger partial charge in [0.15, 0.2) is 0 Å². The van der Waals surface area contributed by atoms with E-state index in [-0.39, 0.29) is 6.54 Å². The van der Waals surface area contributed by atoms with E-state index < -0.39 is 14.2 Å². The molecular weight excluding hydrogens is 262 g/mol. The Hall–Kier alpha value is -1.34. The van der Waals surface area contributed by atoms with Gasteiger partial charge in [-0.05, 0) is 11.6 Å². The molecule has 1 heterocycles. The number of imidazole rings is 1. The smallest absolute Gasteiger partial charge is 0.139 e. The minimum atomic E-state index is -1.09. The number of nitrogens with zero attached hydrogens (tertiary/aromatic N) is 5. The fraction of sp³-hybridized carbons (Fsp3) is 0.727. The zero-order chi connectivity index (χ0) is 14.3. The Balaban J connectivity index is 2.46. The normalized spacial score (nSPS) is 13.1. The van der Waals surface area contributed by atoms with Crippen LogP contribution in [0.1, 0.15) is 11.9 Å². The van der Waals surface area contributed by atoms with Crippen molar-refractivity contribution in [3.05, 3.63) is 28.7 Å². The van der Waals surface area contributed by atoms with Gasteiger partial charge in [-0.25, -0.2) is 4.98 Å². The average Bonchev–Trinajstić information content (AvgIpc) is 2.79. The Morgan fingerprint density at radius 3 is 2.95 bits per heavy atom. The van der Waals surface area contributed by atoms with E-state index in [9.17, 15) is 5.11 Å². The second-order valence-corrected chi connectivity index (χ2v) is 11.2. The highest BCUT2D eigenvalue weighted by Crippen LogP contribution is 2.12. The molecule has 0 aliphatic heterocycles. The zero-order valence-corrected chi connectivity index (χ0v) is 12.7. The summed E-state index contributed by atoms with van der Waals surface area (Å²) in [5.41, 5.74) is 8.23. The highest BCUT2D eigenvalue weighted by atomic mass is 28.3. The minimum absolute atomic E-state index is 0.0254. The van der Waals surface area contributed by atoms with Crippen LogP contribution < -0.4 is 0 Å². The zero-order valence-electron chi connectivity index (χ0n) is 11.7. The first-order valence-electron chi connectivity index (χ1n) is 6.22. The molecule has 1 aromatic rings. The molecule has 8 heteroatoms. The van der Waals surface area contributed by atoms with E-state index in [0.29, 0.717) is 19.2 Å². The number of aromatic nitrogens is 2. The molecule has 1 atom stereocenters. The number of aliphatic hydroxyl groups is 1. The highest BCUT2D eigenvalue weighted by Gasteiger charge is 2.14. The van der Waals surface area contributed by atoms with E-state index in [1.54, 1.807) is 17.0 Å². The standard InChI is InChI=1S/C11H21N5O2Si/c1-19(2,3)7-6-18-9-16-5-4-13-11(16)10(17)8-14-15-12/h4-5,10,17H,6-9H2,1-3H3. The van der Waals surface area contributed by atoms with Crippen molar-refractivity contribution in [1.82, 2.24) is 9.55 Å². The summed E-state index contributed by atoms with van der Waals surface area (Å²) in [5.74, 6) is 0.459. The number of hydrogen-bond acceptors (Lipinski definition) is 4. The third kappa shape index (κ3) is 5.89. The maximum Gasteiger partial charge on any atom is 0.139 e. The summed E-state index contributed by atoms with van der Waals surface area (Å²) in [6.45, 7) is 7.92. The van der Waals surface area contributed by atoms with Gasteiger partial charge in [0, 0.05) is 32.0 Å². The molecule has 1 unspecified atom stereocenters. The summed E-state index contributed by atoms with van der Waals surface area (Å²) < 4.78 is 7.32. The number of aliphatic hydroxyl groups excluding tert-OH is 1. The molecule has 0 aliphatic rings. The van der Waals surface area contributed by atoms with E-state index in [1.165, 1.54) is 0 Å². The van der Waals surface area contributed by atoms with Crippen molar-refractivity contribution in [2.45, 2.75) is 38.5 Å². The van der Waals surface area contributed by atoms with Gasteiger partial charge >= 0.3 is 0 Å². The average molecular weight is 283 g/mol. The Kier molecular flexibility index (Phi) is 6.03. The van der Waals surface area contributed by atoms with Crippen molar-refractivity contribution >= 4 is 8.07 Å². The van der Waals surface area contributed by atoms with E-state index in [4.69, 9.17) is 10.3 Å². The van der Waals surface area contributed by atoms with Crippen molar-refractivity contribution < 1.29 is 9.84 Å². The summed E-state index contributed by atoms with van der Waals surface area (Å²) in [5, 5.41) is 13.1. The fourth-order valence-electron chi connectivity index (χ4n) is 1.46. The first-order chi connectivity index (χ1) is 8.94. The Labute approximate surface area is 113 Å². The molecule has 0 saturated carbocycles. The first kappa shape index (κ1) is 15.7. The van der Waals surface area contributed by atoms with E-state index >= 15 is 0 Å². The molecule has 1 rings (SSSR count). The van der Waals surface area contributed by atoms with E-state index in [0.717, 1.165) is 6.04 Å². The molecule has 0 spiro atoms. The molecule has 0 fully saturated rings. The second-order valence-electron chi connectivity index (χ2n) is 5.53. The number of ether oxygens (including phenoxy) is 1. The van der Waals surface area contributed by atoms with Gasteiger partial charge in [-0.3, -0.25) is 0 Å². The van der Waals surface area contributed by atoms with Gasteiger partial charge in [0.1, 0.15) is 18.7 Å². The van der Waals surface area contributed by atoms with Crippen LogP contribution in [0.2, 0.25) is 25.7 Å². The molecule has 106 valence electrons. The maximum absolute atomic E-state index is 9.81. The molecule has 0 aliphatic carbocycles. The van der Waals surface area contributed by atoms with E-state index in [1.807, 2.05) is 0 Å². The SMILES string of the molecule is C[Si](C)(C)CCOCn1ccnc1C(O)CN=[N+]=[N-]. The van der Waals surface area contributed by atoms with Crippen LogP contribution in [0.3, 0.4) is 0 Å². The van der Waals surface area contributed by atoms with Gasteiger partial charge < -0.3 is 14.4 Å². The van der Waals surface area contributed by atoms with Crippen molar-refractivity contribution in [2.24, 2.45) is 5.11 Å². The summed E-state index contributed by atoms with van der Waals surface area (Å²) in [6.07, 6.45) is 2.44. The Morgan fingerprint density at radius 1 is 1.58 bits per heavy atom. The number of azide groups is 1. The third-order valence-electron chi connectivity index (χ3n) is 2.59. The fourth-order valence-corrected chi connectivity index (χ4v) is 2.22. The second kappa shape index (κ2) is 7.30. The molecule has 1 N–H and O–H groups in total. The molecule has 1 aromatic heterocycles. The van der Waals surface area contributed by atoms with Gasteiger partial charge in [0.25, 0.3) is 0 Å². The topological polar surface area (TPSA) is 96.0 Å². The summed E-state index contributed by atoms with van der Waals surface area (Å²) in [6, 6.07) is 1.10. The molecule has 0 amide bonds. The van der Waals surface area contributed by atoms with Gasteiger partial charge in [-0.1, -0.05) is 24.8 Å². The molecule has 0 saturated heterocycles. The lowest BCUT2D eigenvalue weighted by Gasteiger charge is -2.16. The molecular formula is C11H21N5O2Si. The predicted octanol–water partition coefficient (Wildman–Crippen LogP) is 2.54. The van der Waals surface area contributed by atoms with Crippen LogP contribution in [0.25, 0.3) is 10.4 Å². The lowest BCUT2D eigenvalue weighted by molar-refractivity contribution is 0.0759. The van der Waals surface area contributed by atoms with Crippen LogP contribution in [-0.2, 0) is 11.5 Å². The van der Waals surface area contributed by atoms with Gasteiger partial charge in [0.05, 0.1) is 6.54 Å². The van der Waals surface area contributed by atoms with Crippen molar-refractivity contribution in [3.8, 4) is 0 Å². The van der Waals surface area contributed by atoms with E-state index in [2.05, 4.69) is 34.7 Å². The van der Waals surface area contributed by atoms with Crippen LogP contribution >= 0.6 is 0 Å². The van der Waals surface area contributed by atoms with Crippen LogP contribution in [-0.4, -0.2) is 35.9 Å². The number of rotatable bonds is 8. The van der Waals surface area contributed by atoms with Crippen LogP contribution in [0.4, 0.5) is 0 Å². The van der Waals surface area contributed by atoms with Crippen molar-refractivity contribution in [1.29, 1.82) is 0 Å². The summed E-state index contributed by atoms with van der Waals surface area (Å²) >= 11 is 0. The lowest BCUT2D eigenvalue weighted by atomic mass is 10.3. The molecule has 0 bridgehead atoms. The van der Waals surface area contributed by atoms with Crippen molar-refractivity contribution in [3.63, 3.8) is 0 Å². The molecule has 0 radical (unpaired) electrons. The minimum Gasteiger partial charge on any atom is -0.385 e. The van der Waals surface area contributed by atoms with Crippen LogP contribution in [0, 0.1) is 0 Å². The predicted molar refractivity (Wildman–Crippen MR) is 75.3 cm³/mol. The molecule has 0 aromatic carbocycles. The maximum atomic E-state index is 9.81. The monoisotopic (exact) mass is 283 g/mol. The van der Waals surface area contributed by atoms with Gasteiger partial charge in [-0.2, -0.15) is 0 Å².